The minimum Gasteiger partial charge on any atom is -0.479 e. The van der Waals surface area contributed by atoms with Gasteiger partial charge >= 0.3 is 12.1 Å². The molecule has 2 aliphatic rings. The Morgan fingerprint density at radius 3 is 2.09 bits per heavy atom. The van der Waals surface area contributed by atoms with Crippen LogP contribution in [0.3, 0.4) is 0 Å². The van der Waals surface area contributed by atoms with E-state index in [4.69, 9.17) is 4.74 Å². The second kappa shape index (κ2) is 10.1. The van der Waals surface area contributed by atoms with E-state index in [2.05, 4.69) is 17.4 Å². The third-order valence-electron chi connectivity index (χ3n) is 6.94. The Morgan fingerprint density at radius 1 is 1.03 bits per heavy atom. The molecule has 1 aliphatic carbocycles. The maximum Gasteiger partial charge on any atom is 0.407 e. The standard InChI is InChI=1S/C27H32N2O6/c1-17(2)15-23(24(30)29-13-11-27(34,12-14-29)25(31)32)28-26(33)35-16-22-20-9-5-3-7-18(20)19-8-4-6-10-21(19)22/h3-10,17,22-23,34H,11-16H2,1-2H3,(H,28,33)(H,31,32)/t23-/m1/s1. The molecule has 2 aromatic carbocycles. The van der Waals surface area contributed by atoms with Crippen LogP contribution in [-0.2, 0) is 14.3 Å². The smallest absolute Gasteiger partial charge is 0.407 e. The van der Waals surface area contributed by atoms with Gasteiger partial charge in [-0.25, -0.2) is 9.59 Å². The van der Waals surface area contributed by atoms with Gasteiger partial charge in [0, 0.05) is 31.8 Å². The highest BCUT2D eigenvalue weighted by Gasteiger charge is 2.41. The Balaban J connectivity index is 1.40. The fourth-order valence-electron chi connectivity index (χ4n) is 5.01. The lowest BCUT2D eigenvalue weighted by Gasteiger charge is -2.37. The molecule has 1 aliphatic heterocycles. The molecule has 8 nitrogen and oxygen atoms in total. The van der Waals surface area contributed by atoms with Gasteiger partial charge in [0.05, 0.1) is 0 Å². The number of fused-ring (bicyclic) bond motifs is 3. The second-order valence-electron chi connectivity index (χ2n) is 9.81. The highest BCUT2D eigenvalue weighted by atomic mass is 16.5. The number of benzene rings is 2. The molecule has 1 saturated heterocycles. The fraction of sp³-hybridized carbons (Fsp3) is 0.444. The number of likely N-dealkylation sites (tertiary alicyclic amines) is 1. The molecule has 3 N–H and O–H groups in total. The molecule has 186 valence electrons. The molecule has 1 heterocycles. The van der Waals surface area contributed by atoms with Gasteiger partial charge in [0.15, 0.2) is 5.60 Å². The normalized spacial score (nSPS) is 17.4. The van der Waals surface area contributed by atoms with E-state index in [0.29, 0.717) is 6.42 Å². The quantitative estimate of drug-likeness (QED) is 0.560. The zero-order chi connectivity index (χ0) is 25.2. The minimum atomic E-state index is -1.81. The molecule has 4 rings (SSSR count). The van der Waals surface area contributed by atoms with Crippen molar-refractivity contribution in [1.29, 1.82) is 0 Å². The number of carboxylic acid groups (broad SMARTS) is 1. The first-order valence-electron chi connectivity index (χ1n) is 12.1. The van der Waals surface area contributed by atoms with Crippen LogP contribution in [0.15, 0.2) is 48.5 Å². The van der Waals surface area contributed by atoms with Crippen molar-refractivity contribution in [3.63, 3.8) is 0 Å². The van der Waals surface area contributed by atoms with E-state index in [1.54, 1.807) is 0 Å². The summed E-state index contributed by atoms with van der Waals surface area (Å²) >= 11 is 0. The van der Waals surface area contributed by atoms with Crippen molar-refractivity contribution in [3.05, 3.63) is 59.7 Å². The van der Waals surface area contributed by atoms with Gasteiger partial charge in [0.25, 0.3) is 0 Å². The topological polar surface area (TPSA) is 116 Å². The van der Waals surface area contributed by atoms with Crippen molar-refractivity contribution in [2.24, 2.45) is 5.92 Å². The van der Waals surface area contributed by atoms with Gasteiger partial charge in [0.2, 0.25) is 5.91 Å². The molecule has 0 unspecified atom stereocenters. The molecule has 1 atom stereocenters. The number of hydrogen-bond acceptors (Lipinski definition) is 5. The molecule has 0 bridgehead atoms. The summed E-state index contributed by atoms with van der Waals surface area (Å²) in [6.07, 6.45) is -0.339. The number of alkyl carbamates (subject to hydrolysis) is 1. The third-order valence-corrected chi connectivity index (χ3v) is 6.94. The lowest BCUT2D eigenvalue weighted by atomic mass is 9.91. The largest absolute Gasteiger partial charge is 0.479 e. The van der Waals surface area contributed by atoms with Crippen LogP contribution < -0.4 is 5.32 Å². The van der Waals surface area contributed by atoms with Crippen molar-refractivity contribution in [2.45, 2.75) is 50.7 Å². The van der Waals surface area contributed by atoms with Gasteiger partial charge in [-0.05, 0) is 34.6 Å². The van der Waals surface area contributed by atoms with Gasteiger partial charge in [-0.1, -0.05) is 62.4 Å². The van der Waals surface area contributed by atoms with Crippen LogP contribution in [0, 0.1) is 5.92 Å². The number of aliphatic hydroxyl groups is 1. The van der Waals surface area contributed by atoms with Gasteiger partial charge in [-0.2, -0.15) is 0 Å². The fourth-order valence-corrected chi connectivity index (χ4v) is 5.01. The van der Waals surface area contributed by atoms with E-state index in [1.165, 1.54) is 4.90 Å². The number of nitrogens with zero attached hydrogens (tertiary/aromatic N) is 1. The van der Waals surface area contributed by atoms with Crippen molar-refractivity contribution in [2.75, 3.05) is 19.7 Å². The summed E-state index contributed by atoms with van der Waals surface area (Å²) in [5.41, 5.74) is 2.67. The predicted octanol–water partition coefficient (Wildman–Crippen LogP) is 3.38. The van der Waals surface area contributed by atoms with Crippen molar-refractivity contribution in [3.8, 4) is 11.1 Å². The first kappa shape index (κ1) is 24.7. The molecule has 0 saturated carbocycles. The zero-order valence-electron chi connectivity index (χ0n) is 20.1. The SMILES string of the molecule is CC(C)C[C@@H](NC(=O)OCC1c2ccccc2-c2ccccc21)C(=O)N1CCC(O)(C(=O)O)CC1. The number of piperidine rings is 1. The maximum atomic E-state index is 13.2. The molecule has 1 fully saturated rings. The number of aliphatic carboxylic acids is 1. The van der Waals surface area contributed by atoms with E-state index >= 15 is 0 Å². The summed E-state index contributed by atoms with van der Waals surface area (Å²) in [5.74, 6) is -1.51. The number of amides is 2. The average molecular weight is 481 g/mol. The Labute approximate surface area is 204 Å². The third kappa shape index (κ3) is 5.17. The van der Waals surface area contributed by atoms with Gasteiger partial charge in [-0.15, -0.1) is 0 Å². The molecular weight excluding hydrogens is 448 g/mol. The van der Waals surface area contributed by atoms with Crippen LogP contribution >= 0.6 is 0 Å². The van der Waals surface area contributed by atoms with Gasteiger partial charge in [0.1, 0.15) is 12.6 Å². The summed E-state index contributed by atoms with van der Waals surface area (Å²) in [7, 11) is 0. The van der Waals surface area contributed by atoms with Crippen LogP contribution in [0.5, 0.6) is 0 Å². The highest BCUT2D eigenvalue weighted by molar-refractivity contribution is 5.86. The molecule has 0 spiro atoms. The van der Waals surface area contributed by atoms with Crippen molar-refractivity contribution >= 4 is 18.0 Å². The summed E-state index contributed by atoms with van der Waals surface area (Å²) in [6, 6.07) is 15.4. The number of nitrogens with one attached hydrogen (secondary N) is 1. The molecule has 35 heavy (non-hydrogen) atoms. The van der Waals surface area contributed by atoms with E-state index in [0.717, 1.165) is 22.3 Å². The number of ether oxygens (including phenoxy) is 1. The number of carboxylic acids is 1. The van der Waals surface area contributed by atoms with Crippen molar-refractivity contribution in [1.82, 2.24) is 10.2 Å². The summed E-state index contributed by atoms with van der Waals surface area (Å²) in [5, 5.41) is 22.1. The molecule has 0 aromatic heterocycles. The van der Waals surface area contributed by atoms with Gasteiger partial charge in [-0.3, -0.25) is 4.79 Å². The van der Waals surface area contributed by atoms with Crippen LogP contribution in [0.1, 0.15) is 50.2 Å². The van der Waals surface area contributed by atoms with Crippen molar-refractivity contribution < 1.29 is 29.3 Å². The molecule has 8 heteroatoms. The average Bonchev–Trinajstić information content (AvgIpc) is 3.16. The molecule has 2 aromatic rings. The van der Waals surface area contributed by atoms with E-state index in [1.807, 2.05) is 50.2 Å². The summed E-state index contributed by atoms with van der Waals surface area (Å²) in [6.45, 7) is 4.29. The lowest BCUT2D eigenvalue weighted by Crippen LogP contribution is -2.55. The number of carbonyl (C=O) groups is 3. The number of rotatable bonds is 7. The van der Waals surface area contributed by atoms with Crippen LogP contribution in [-0.4, -0.2) is 64.4 Å². The Morgan fingerprint density at radius 2 is 1.57 bits per heavy atom. The first-order valence-corrected chi connectivity index (χ1v) is 12.1. The zero-order valence-corrected chi connectivity index (χ0v) is 20.1. The highest BCUT2D eigenvalue weighted by Crippen LogP contribution is 2.44. The predicted molar refractivity (Wildman–Crippen MR) is 130 cm³/mol. The van der Waals surface area contributed by atoms with Crippen LogP contribution in [0.4, 0.5) is 4.79 Å². The Kier molecular flexibility index (Phi) is 7.12. The number of hydrogen-bond donors (Lipinski definition) is 3. The van der Waals surface area contributed by atoms with E-state index < -0.39 is 23.7 Å². The minimum absolute atomic E-state index is 0.0482. The number of carbonyl (C=O) groups excluding carboxylic acids is 2. The molecule has 0 radical (unpaired) electrons. The van der Waals surface area contributed by atoms with Gasteiger partial charge < -0.3 is 25.2 Å². The Hall–Kier alpha value is -3.39. The van der Waals surface area contributed by atoms with Crippen LogP contribution in [0.2, 0.25) is 0 Å². The Bertz CT molecular complexity index is 1060. The first-order chi connectivity index (χ1) is 16.7. The molecular formula is C27H32N2O6. The van der Waals surface area contributed by atoms with Crippen LogP contribution in [0.25, 0.3) is 11.1 Å². The lowest BCUT2D eigenvalue weighted by molar-refractivity contribution is -0.165. The van der Waals surface area contributed by atoms with E-state index in [-0.39, 0.29) is 50.3 Å². The maximum absolute atomic E-state index is 13.2. The summed E-state index contributed by atoms with van der Waals surface area (Å²) < 4.78 is 5.62. The monoisotopic (exact) mass is 480 g/mol. The second-order valence-corrected chi connectivity index (χ2v) is 9.81. The summed E-state index contributed by atoms with van der Waals surface area (Å²) in [4.78, 5) is 38.7. The molecule has 2 amide bonds. The van der Waals surface area contributed by atoms with E-state index in [9.17, 15) is 24.6 Å².